The van der Waals surface area contributed by atoms with Gasteiger partial charge in [0.25, 0.3) is 0 Å². The number of aliphatic hydroxyl groups excluding tert-OH is 1. The highest BCUT2D eigenvalue weighted by molar-refractivity contribution is 5.41. The SMILES string of the molecule is CCN(CC(O)c1cccc(N)c1)C(C)CN(C)C. The molecule has 1 aromatic carbocycles. The average molecular weight is 265 g/mol. The number of anilines is 1. The molecule has 2 atom stereocenters. The fourth-order valence-electron chi connectivity index (χ4n) is 2.36. The highest BCUT2D eigenvalue weighted by atomic mass is 16.3. The van der Waals surface area contributed by atoms with E-state index in [0.717, 1.165) is 18.7 Å². The van der Waals surface area contributed by atoms with E-state index in [1.165, 1.54) is 0 Å². The summed E-state index contributed by atoms with van der Waals surface area (Å²) in [5, 5.41) is 10.3. The van der Waals surface area contributed by atoms with Gasteiger partial charge in [-0.25, -0.2) is 0 Å². The molecule has 0 bridgehead atoms. The van der Waals surface area contributed by atoms with E-state index in [1.54, 1.807) is 0 Å². The van der Waals surface area contributed by atoms with E-state index in [1.807, 2.05) is 24.3 Å². The molecule has 0 aliphatic rings. The third-order valence-electron chi connectivity index (χ3n) is 3.36. The molecule has 3 N–H and O–H groups in total. The first-order valence-electron chi connectivity index (χ1n) is 6.86. The van der Waals surface area contributed by atoms with Crippen LogP contribution in [0.15, 0.2) is 24.3 Å². The molecule has 4 heteroatoms. The fraction of sp³-hybridized carbons (Fsp3) is 0.600. The van der Waals surface area contributed by atoms with Gasteiger partial charge < -0.3 is 15.7 Å². The summed E-state index contributed by atoms with van der Waals surface area (Å²) in [5.74, 6) is 0. The Kier molecular flexibility index (Phi) is 6.28. The van der Waals surface area contributed by atoms with Gasteiger partial charge in [0.2, 0.25) is 0 Å². The Morgan fingerprint density at radius 3 is 2.47 bits per heavy atom. The van der Waals surface area contributed by atoms with Gasteiger partial charge in [-0.3, -0.25) is 4.90 Å². The van der Waals surface area contributed by atoms with E-state index in [9.17, 15) is 5.11 Å². The molecule has 0 saturated carbocycles. The Morgan fingerprint density at radius 1 is 1.26 bits per heavy atom. The minimum absolute atomic E-state index is 0.413. The third kappa shape index (κ3) is 5.19. The van der Waals surface area contributed by atoms with Crippen LogP contribution in [0.1, 0.15) is 25.5 Å². The molecule has 19 heavy (non-hydrogen) atoms. The molecule has 0 saturated heterocycles. The second kappa shape index (κ2) is 7.48. The molecule has 4 nitrogen and oxygen atoms in total. The van der Waals surface area contributed by atoms with Gasteiger partial charge in [-0.1, -0.05) is 19.1 Å². The average Bonchev–Trinajstić information content (AvgIpc) is 2.34. The van der Waals surface area contributed by atoms with Crippen LogP contribution >= 0.6 is 0 Å². The van der Waals surface area contributed by atoms with Crippen molar-refractivity contribution in [2.24, 2.45) is 0 Å². The Hall–Kier alpha value is -1.10. The van der Waals surface area contributed by atoms with Crippen molar-refractivity contribution in [2.75, 3.05) is 39.5 Å². The quantitative estimate of drug-likeness (QED) is 0.735. The minimum Gasteiger partial charge on any atom is -0.399 e. The number of rotatable bonds is 7. The first-order chi connectivity index (χ1) is 8.93. The monoisotopic (exact) mass is 265 g/mol. The summed E-state index contributed by atoms with van der Waals surface area (Å²) in [4.78, 5) is 4.45. The van der Waals surface area contributed by atoms with Gasteiger partial charge in [0, 0.05) is 24.8 Å². The zero-order valence-corrected chi connectivity index (χ0v) is 12.5. The van der Waals surface area contributed by atoms with Crippen LogP contribution in [0.2, 0.25) is 0 Å². The highest BCUT2D eigenvalue weighted by Gasteiger charge is 2.17. The van der Waals surface area contributed by atoms with Crippen LogP contribution in [0, 0.1) is 0 Å². The lowest BCUT2D eigenvalue weighted by Gasteiger charge is -2.31. The third-order valence-corrected chi connectivity index (χ3v) is 3.36. The highest BCUT2D eigenvalue weighted by Crippen LogP contribution is 2.18. The topological polar surface area (TPSA) is 52.7 Å². The van der Waals surface area contributed by atoms with Gasteiger partial charge in [-0.15, -0.1) is 0 Å². The molecule has 108 valence electrons. The summed E-state index contributed by atoms with van der Waals surface area (Å²) in [6.07, 6.45) is -0.493. The normalized spacial score (nSPS) is 14.9. The van der Waals surface area contributed by atoms with Crippen molar-refractivity contribution >= 4 is 5.69 Å². The Morgan fingerprint density at radius 2 is 1.95 bits per heavy atom. The van der Waals surface area contributed by atoms with Crippen LogP contribution in [-0.2, 0) is 0 Å². The van der Waals surface area contributed by atoms with Crippen molar-refractivity contribution < 1.29 is 5.11 Å². The minimum atomic E-state index is -0.493. The van der Waals surface area contributed by atoms with Gasteiger partial charge in [0.05, 0.1) is 6.10 Å². The number of aliphatic hydroxyl groups is 1. The van der Waals surface area contributed by atoms with Crippen LogP contribution in [0.25, 0.3) is 0 Å². The molecule has 0 radical (unpaired) electrons. The lowest BCUT2D eigenvalue weighted by molar-refractivity contribution is 0.0859. The second-order valence-electron chi connectivity index (χ2n) is 5.38. The molecule has 0 aromatic heterocycles. The van der Waals surface area contributed by atoms with Crippen LogP contribution in [0.4, 0.5) is 5.69 Å². The maximum atomic E-state index is 10.3. The number of hydrogen-bond donors (Lipinski definition) is 2. The molecule has 0 fully saturated rings. The molecule has 1 aromatic rings. The predicted octanol–water partition coefficient (Wildman–Crippen LogP) is 1.57. The molecule has 0 heterocycles. The van der Waals surface area contributed by atoms with E-state index in [2.05, 4.69) is 37.7 Å². The lowest BCUT2D eigenvalue weighted by Crippen LogP contribution is -2.42. The van der Waals surface area contributed by atoms with Gasteiger partial charge in [-0.05, 0) is 45.3 Å². The molecule has 2 unspecified atom stereocenters. The fourth-order valence-corrected chi connectivity index (χ4v) is 2.36. The number of hydrogen-bond acceptors (Lipinski definition) is 4. The van der Waals surface area contributed by atoms with Gasteiger partial charge >= 0.3 is 0 Å². The van der Waals surface area contributed by atoms with Crippen molar-refractivity contribution in [3.63, 3.8) is 0 Å². The molecule has 0 amide bonds. The summed E-state index contributed by atoms with van der Waals surface area (Å²) in [6, 6.07) is 7.90. The van der Waals surface area contributed by atoms with E-state index in [0.29, 0.717) is 18.3 Å². The first kappa shape index (κ1) is 16.0. The standard InChI is InChI=1S/C15H27N3O/c1-5-18(12(2)10-17(3)4)11-15(19)13-7-6-8-14(16)9-13/h6-9,12,15,19H,5,10-11,16H2,1-4H3. The van der Waals surface area contributed by atoms with Crippen molar-refractivity contribution in [1.29, 1.82) is 0 Å². The van der Waals surface area contributed by atoms with Gasteiger partial charge in [-0.2, -0.15) is 0 Å². The van der Waals surface area contributed by atoms with E-state index < -0.39 is 6.10 Å². The molecule has 0 aliphatic heterocycles. The Balaban J connectivity index is 2.65. The summed E-state index contributed by atoms with van der Waals surface area (Å²) in [7, 11) is 4.14. The van der Waals surface area contributed by atoms with Crippen molar-refractivity contribution in [1.82, 2.24) is 9.80 Å². The summed E-state index contributed by atoms with van der Waals surface area (Å²) >= 11 is 0. The number of nitrogen functional groups attached to an aromatic ring is 1. The second-order valence-corrected chi connectivity index (χ2v) is 5.38. The smallest absolute Gasteiger partial charge is 0.0917 e. The maximum Gasteiger partial charge on any atom is 0.0917 e. The van der Waals surface area contributed by atoms with Crippen LogP contribution in [0.3, 0.4) is 0 Å². The van der Waals surface area contributed by atoms with Crippen LogP contribution in [-0.4, -0.2) is 54.7 Å². The molecular formula is C15H27N3O. The van der Waals surface area contributed by atoms with Crippen molar-refractivity contribution in [3.8, 4) is 0 Å². The summed E-state index contributed by atoms with van der Waals surface area (Å²) < 4.78 is 0. The summed E-state index contributed by atoms with van der Waals surface area (Å²) in [5.41, 5.74) is 7.33. The molecular weight excluding hydrogens is 238 g/mol. The Bertz CT molecular complexity index is 381. The van der Waals surface area contributed by atoms with Gasteiger partial charge in [0.1, 0.15) is 0 Å². The Labute approximate surface area is 116 Å². The largest absolute Gasteiger partial charge is 0.399 e. The van der Waals surface area contributed by atoms with Crippen LogP contribution in [0.5, 0.6) is 0 Å². The van der Waals surface area contributed by atoms with Crippen molar-refractivity contribution in [3.05, 3.63) is 29.8 Å². The number of likely N-dealkylation sites (N-methyl/N-ethyl adjacent to an activating group) is 2. The molecule has 1 rings (SSSR count). The van der Waals surface area contributed by atoms with Gasteiger partial charge in [0.15, 0.2) is 0 Å². The molecule has 0 aliphatic carbocycles. The van der Waals surface area contributed by atoms with E-state index in [4.69, 9.17) is 5.73 Å². The summed E-state index contributed by atoms with van der Waals surface area (Å²) in [6.45, 7) is 6.86. The number of nitrogens with two attached hydrogens (primary N) is 1. The lowest BCUT2D eigenvalue weighted by atomic mass is 10.1. The number of nitrogens with zero attached hydrogens (tertiary/aromatic N) is 2. The van der Waals surface area contributed by atoms with E-state index in [-0.39, 0.29) is 0 Å². The predicted molar refractivity (Wildman–Crippen MR) is 81.1 cm³/mol. The maximum absolute atomic E-state index is 10.3. The number of benzene rings is 1. The van der Waals surface area contributed by atoms with E-state index >= 15 is 0 Å². The molecule has 0 spiro atoms. The zero-order chi connectivity index (χ0) is 14.4. The zero-order valence-electron chi connectivity index (χ0n) is 12.5. The first-order valence-corrected chi connectivity index (χ1v) is 6.86. The van der Waals surface area contributed by atoms with Crippen molar-refractivity contribution in [2.45, 2.75) is 26.0 Å². The van der Waals surface area contributed by atoms with Crippen LogP contribution < -0.4 is 5.73 Å².